The molecule has 29 heavy (non-hydrogen) atoms. The summed E-state index contributed by atoms with van der Waals surface area (Å²) in [5.74, 6) is 1.20. The number of hydrogen-bond acceptors (Lipinski definition) is 4. The molecule has 0 aliphatic carbocycles. The molecule has 152 valence electrons. The Morgan fingerprint density at radius 3 is 2.69 bits per heavy atom. The minimum atomic E-state index is -0.297. The van der Waals surface area contributed by atoms with Crippen molar-refractivity contribution in [2.75, 3.05) is 26.3 Å². The van der Waals surface area contributed by atoms with Crippen LogP contribution in [0.2, 0.25) is 0 Å². The lowest BCUT2D eigenvalue weighted by Gasteiger charge is -2.25. The second-order valence-electron chi connectivity index (χ2n) is 7.55. The number of ether oxygens (including phenoxy) is 2. The zero-order valence-corrected chi connectivity index (χ0v) is 16.6. The van der Waals surface area contributed by atoms with Crippen molar-refractivity contribution >= 4 is 11.8 Å². The number of hydrogen-bond donors (Lipinski definition) is 1. The minimum Gasteiger partial charge on any atom is -0.486 e. The van der Waals surface area contributed by atoms with E-state index in [1.165, 1.54) is 0 Å². The molecule has 2 aliphatic heterocycles. The van der Waals surface area contributed by atoms with Crippen LogP contribution < -0.4 is 14.8 Å². The fourth-order valence-electron chi connectivity index (χ4n) is 3.91. The Hall–Kier alpha value is -3.02. The monoisotopic (exact) mass is 394 g/mol. The maximum Gasteiger partial charge on any atom is 0.225 e. The fraction of sp³-hybridized carbons (Fsp3) is 0.391. The van der Waals surface area contributed by atoms with Crippen molar-refractivity contribution in [3.8, 4) is 11.5 Å². The summed E-state index contributed by atoms with van der Waals surface area (Å²) in [5, 5.41) is 2.98. The molecule has 0 saturated carbocycles. The molecule has 6 nitrogen and oxygen atoms in total. The van der Waals surface area contributed by atoms with Crippen LogP contribution in [0, 0.1) is 5.92 Å². The molecule has 6 heteroatoms. The Labute approximate surface area is 170 Å². The van der Waals surface area contributed by atoms with Gasteiger partial charge in [0.2, 0.25) is 11.8 Å². The van der Waals surface area contributed by atoms with Crippen molar-refractivity contribution in [3.05, 3.63) is 59.7 Å². The van der Waals surface area contributed by atoms with Crippen LogP contribution in [-0.2, 0) is 16.0 Å². The van der Waals surface area contributed by atoms with Crippen LogP contribution in [0.4, 0.5) is 0 Å². The summed E-state index contributed by atoms with van der Waals surface area (Å²) in [5.41, 5.74) is 2.16. The van der Waals surface area contributed by atoms with Gasteiger partial charge in [0.15, 0.2) is 11.5 Å². The van der Waals surface area contributed by atoms with Gasteiger partial charge in [0, 0.05) is 19.5 Å². The van der Waals surface area contributed by atoms with Gasteiger partial charge >= 0.3 is 0 Å². The number of fused-ring (bicyclic) bond motifs is 1. The zero-order valence-electron chi connectivity index (χ0n) is 16.6. The SMILES string of the molecule is C[C@@H](c1ccccc1)N1C[C@H](C(=O)NCCc2ccc3c(c2)OCCO3)CC1=O. The molecule has 1 saturated heterocycles. The van der Waals surface area contributed by atoms with Gasteiger partial charge in [-0.15, -0.1) is 0 Å². The molecule has 0 radical (unpaired) electrons. The van der Waals surface area contributed by atoms with Gasteiger partial charge in [-0.2, -0.15) is 0 Å². The fourth-order valence-corrected chi connectivity index (χ4v) is 3.91. The molecule has 2 aromatic rings. The average Bonchev–Trinajstić information content (AvgIpc) is 3.15. The standard InChI is InChI=1S/C23H26N2O4/c1-16(18-5-3-2-4-6-18)25-15-19(14-22(25)26)23(27)24-10-9-17-7-8-20-21(13-17)29-12-11-28-20/h2-8,13,16,19H,9-12,14-15H2,1H3,(H,24,27)/t16-,19+/m0/s1. The van der Waals surface area contributed by atoms with E-state index >= 15 is 0 Å². The van der Waals surface area contributed by atoms with Gasteiger partial charge in [0.1, 0.15) is 13.2 Å². The summed E-state index contributed by atoms with van der Waals surface area (Å²) in [6, 6.07) is 15.7. The van der Waals surface area contributed by atoms with E-state index in [4.69, 9.17) is 9.47 Å². The number of rotatable bonds is 6. The lowest BCUT2D eigenvalue weighted by molar-refractivity contribution is -0.130. The predicted octanol–water partition coefficient (Wildman–Crippen LogP) is 2.73. The average molecular weight is 394 g/mol. The van der Waals surface area contributed by atoms with E-state index in [1.807, 2.05) is 55.5 Å². The highest BCUT2D eigenvalue weighted by molar-refractivity contribution is 5.89. The first-order valence-electron chi connectivity index (χ1n) is 10.1. The molecule has 2 aromatic carbocycles. The van der Waals surface area contributed by atoms with Gasteiger partial charge in [0.05, 0.1) is 12.0 Å². The van der Waals surface area contributed by atoms with Crippen molar-refractivity contribution in [1.29, 1.82) is 0 Å². The van der Waals surface area contributed by atoms with Crippen LogP contribution in [0.1, 0.15) is 30.5 Å². The summed E-state index contributed by atoms with van der Waals surface area (Å²) in [4.78, 5) is 26.8. The van der Waals surface area contributed by atoms with E-state index in [0.717, 1.165) is 22.6 Å². The quantitative estimate of drug-likeness (QED) is 0.818. The summed E-state index contributed by atoms with van der Waals surface area (Å²) in [6.45, 7) is 4.13. The summed E-state index contributed by atoms with van der Waals surface area (Å²) in [7, 11) is 0. The van der Waals surface area contributed by atoms with Gasteiger partial charge < -0.3 is 19.7 Å². The molecule has 0 spiro atoms. The molecule has 2 atom stereocenters. The maximum atomic E-state index is 12.6. The molecule has 2 heterocycles. The molecule has 2 aliphatic rings. The highest BCUT2D eigenvalue weighted by Gasteiger charge is 2.36. The van der Waals surface area contributed by atoms with E-state index in [1.54, 1.807) is 4.90 Å². The third-order valence-corrected chi connectivity index (χ3v) is 5.60. The van der Waals surface area contributed by atoms with E-state index < -0.39 is 0 Å². The van der Waals surface area contributed by atoms with Crippen molar-refractivity contribution in [2.45, 2.75) is 25.8 Å². The van der Waals surface area contributed by atoms with Gasteiger partial charge in [-0.3, -0.25) is 9.59 Å². The Balaban J connectivity index is 1.28. The van der Waals surface area contributed by atoms with Crippen LogP contribution in [0.15, 0.2) is 48.5 Å². The number of carbonyl (C=O) groups is 2. The van der Waals surface area contributed by atoms with Crippen LogP contribution in [-0.4, -0.2) is 43.0 Å². The molecular formula is C23H26N2O4. The Morgan fingerprint density at radius 2 is 1.90 bits per heavy atom. The molecule has 2 amide bonds. The highest BCUT2D eigenvalue weighted by Crippen LogP contribution is 2.31. The molecule has 1 fully saturated rings. The third kappa shape index (κ3) is 4.36. The number of nitrogens with zero attached hydrogens (tertiary/aromatic N) is 1. The molecule has 0 unspecified atom stereocenters. The van der Waals surface area contributed by atoms with E-state index in [0.29, 0.717) is 32.7 Å². The number of amides is 2. The summed E-state index contributed by atoms with van der Waals surface area (Å²) < 4.78 is 11.1. The maximum absolute atomic E-state index is 12.6. The van der Waals surface area contributed by atoms with Gasteiger partial charge in [-0.05, 0) is 36.6 Å². The first kappa shape index (κ1) is 19.3. The first-order chi connectivity index (χ1) is 14.1. The Morgan fingerprint density at radius 1 is 1.14 bits per heavy atom. The van der Waals surface area contributed by atoms with Crippen LogP contribution >= 0.6 is 0 Å². The normalized spacial score (nSPS) is 19.1. The molecule has 0 aromatic heterocycles. The van der Waals surface area contributed by atoms with E-state index in [2.05, 4.69) is 5.32 Å². The highest BCUT2D eigenvalue weighted by atomic mass is 16.6. The lowest BCUT2D eigenvalue weighted by Crippen LogP contribution is -2.34. The summed E-state index contributed by atoms with van der Waals surface area (Å²) >= 11 is 0. The van der Waals surface area contributed by atoms with Crippen LogP contribution in [0.3, 0.4) is 0 Å². The number of carbonyl (C=O) groups excluding carboxylic acids is 2. The number of nitrogens with one attached hydrogen (secondary N) is 1. The van der Waals surface area contributed by atoms with Crippen molar-refractivity contribution in [3.63, 3.8) is 0 Å². The van der Waals surface area contributed by atoms with Gasteiger partial charge in [-0.1, -0.05) is 36.4 Å². The molecule has 1 N–H and O–H groups in total. The van der Waals surface area contributed by atoms with Gasteiger partial charge in [-0.25, -0.2) is 0 Å². The van der Waals surface area contributed by atoms with Crippen LogP contribution in [0.25, 0.3) is 0 Å². The topological polar surface area (TPSA) is 67.9 Å². The number of likely N-dealkylation sites (tertiary alicyclic amines) is 1. The smallest absolute Gasteiger partial charge is 0.225 e. The second kappa shape index (κ2) is 8.55. The predicted molar refractivity (Wildman–Crippen MR) is 109 cm³/mol. The van der Waals surface area contributed by atoms with Crippen molar-refractivity contribution in [1.82, 2.24) is 10.2 Å². The lowest BCUT2D eigenvalue weighted by atomic mass is 10.1. The molecule has 4 rings (SSSR count). The van der Waals surface area contributed by atoms with Crippen molar-refractivity contribution < 1.29 is 19.1 Å². The minimum absolute atomic E-state index is 0.0285. The van der Waals surface area contributed by atoms with Gasteiger partial charge in [0.25, 0.3) is 0 Å². The first-order valence-corrected chi connectivity index (χ1v) is 10.1. The third-order valence-electron chi connectivity index (χ3n) is 5.60. The largest absolute Gasteiger partial charge is 0.486 e. The Kier molecular flexibility index (Phi) is 5.69. The molecule has 0 bridgehead atoms. The molecular weight excluding hydrogens is 368 g/mol. The van der Waals surface area contributed by atoms with E-state index in [9.17, 15) is 9.59 Å². The van der Waals surface area contributed by atoms with E-state index in [-0.39, 0.29) is 30.2 Å². The summed E-state index contributed by atoms with van der Waals surface area (Å²) in [6.07, 6.45) is 0.972. The second-order valence-corrected chi connectivity index (χ2v) is 7.55. The number of benzene rings is 2. The zero-order chi connectivity index (χ0) is 20.2. The van der Waals surface area contributed by atoms with Crippen LogP contribution in [0.5, 0.6) is 11.5 Å². The van der Waals surface area contributed by atoms with Crippen molar-refractivity contribution in [2.24, 2.45) is 5.92 Å². The Bertz CT molecular complexity index is 884.